The third-order valence-electron chi connectivity index (χ3n) is 5.21. The molecule has 2 heterocycles. The number of nitrogens with zero attached hydrogens (tertiary/aromatic N) is 3. The van der Waals surface area contributed by atoms with Crippen LogP contribution in [0.4, 0.5) is 0 Å². The van der Waals surface area contributed by atoms with E-state index in [0.717, 1.165) is 23.4 Å². The van der Waals surface area contributed by atoms with Crippen LogP contribution in [-0.4, -0.2) is 47.8 Å². The minimum atomic E-state index is -0.0603. The quantitative estimate of drug-likeness (QED) is 0.867. The second-order valence-electron chi connectivity index (χ2n) is 6.72. The van der Waals surface area contributed by atoms with Crippen LogP contribution in [-0.2, 0) is 11.8 Å². The van der Waals surface area contributed by atoms with Crippen LogP contribution in [0, 0.1) is 5.92 Å². The third kappa shape index (κ3) is 4.02. The van der Waals surface area contributed by atoms with Crippen LogP contribution >= 0.6 is 12.4 Å². The van der Waals surface area contributed by atoms with Gasteiger partial charge in [0.2, 0.25) is 5.91 Å². The molecule has 3 rings (SSSR count). The molecule has 0 aliphatic carbocycles. The molecule has 1 aromatic heterocycles. The number of rotatable bonds is 5. The number of amides is 1. The predicted molar refractivity (Wildman–Crippen MR) is 104 cm³/mol. The van der Waals surface area contributed by atoms with E-state index in [1.165, 1.54) is 0 Å². The molecule has 1 fully saturated rings. The van der Waals surface area contributed by atoms with E-state index in [2.05, 4.69) is 17.3 Å². The minimum Gasteiger partial charge on any atom is -0.497 e. The molecule has 0 radical (unpaired) electrons. The lowest BCUT2D eigenvalue weighted by molar-refractivity contribution is -0.136. The smallest absolute Gasteiger partial charge is 0.227 e. The predicted octanol–water partition coefficient (Wildman–Crippen LogP) is 2.37. The van der Waals surface area contributed by atoms with Gasteiger partial charge in [0.25, 0.3) is 0 Å². The zero-order valence-electron chi connectivity index (χ0n) is 15.7. The topological polar surface area (TPSA) is 59.4 Å². The summed E-state index contributed by atoms with van der Waals surface area (Å²) in [6.45, 7) is 3.58. The average molecular weight is 379 g/mol. The molecule has 1 N–H and O–H groups in total. The van der Waals surface area contributed by atoms with Crippen molar-refractivity contribution in [3.05, 3.63) is 47.8 Å². The average Bonchev–Trinajstić information content (AvgIpc) is 3.28. The molecule has 1 amide bonds. The molecule has 0 spiro atoms. The summed E-state index contributed by atoms with van der Waals surface area (Å²) in [5, 5.41) is 7.61. The fourth-order valence-electron chi connectivity index (χ4n) is 3.48. The van der Waals surface area contributed by atoms with E-state index in [1.807, 2.05) is 55.7 Å². The molecule has 3 atom stereocenters. The van der Waals surface area contributed by atoms with E-state index in [9.17, 15) is 4.79 Å². The van der Waals surface area contributed by atoms with Crippen molar-refractivity contribution in [2.45, 2.75) is 18.9 Å². The number of nitrogens with one attached hydrogen (secondary N) is 1. The first-order valence-electron chi connectivity index (χ1n) is 8.61. The van der Waals surface area contributed by atoms with E-state index < -0.39 is 0 Å². The van der Waals surface area contributed by atoms with Crippen LogP contribution in [0.5, 0.6) is 5.75 Å². The monoisotopic (exact) mass is 378 g/mol. The Morgan fingerprint density at radius 2 is 2.04 bits per heavy atom. The molecule has 1 aliphatic heterocycles. The molecule has 142 valence electrons. The van der Waals surface area contributed by atoms with Gasteiger partial charge in [-0.15, -0.1) is 12.4 Å². The fraction of sp³-hybridized carbons (Fsp3) is 0.474. The number of benzene rings is 1. The number of aryl methyl sites for hydroxylation is 1. The summed E-state index contributed by atoms with van der Waals surface area (Å²) in [7, 11) is 5.44. The van der Waals surface area contributed by atoms with Crippen LogP contribution in [0.1, 0.15) is 30.0 Å². The van der Waals surface area contributed by atoms with Crippen molar-refractivity contribution in [2.24, 2.45) is 13.0 Å². The number of ether oxygens (including phenoxy) is 1. The van der Waals surface area contributed by atoms with Gasteiger partial charge in [0.15, 0.2) is 0 Å². The van der Waals surface area contributed by atoms with Crippen molar-refractivity contribution in [1.29, 1.82) is 0 Å². The van der Waals surface area contributed by atoms with Crippen molar-refractivity contribution in [3.8, 4) is 5.75 Å². The highest BCUT2D eigenvalue weighted by atomic mass is 35.5. The van der Waals surface area contributed by atoms with Crippen molar-refractivity contribution in [1.82, 2.24) is 20.0 Å². The van der Waals surface area contributed by atoms with Gasteiger partial charge in [-0.1, -0.05) is 12.1 Å². The molecule has 1 aromatic carbocycles. The zero-order valence-corrected chi connectivity index (χ0v) is 16.5. The molecule has 6 nitrogen and oxygen atoms in total. The van der Waals surface area contributed by atoms with Crippen molar-refractivity contribution < 1.29 is 9.53 Å². The van der Waals surface area contributed by atoms with Gasteiger partial charge < -0.3 is 15.0 Å². The van der Waals surface area contributed by atoms with Gasteiger partial charge in [-0.3, -0.25) is 9.48 Å². The van der Waals surface area contributed by atoms with Crippen LogP contribution in [0.25, 0.3) is 0 Å². The Bertz CT molecular complexity index is 731. The SMILES string of the molecule is COc1ccc(C(C)N(C)C(=O)[C@H]2CNC[C@@H]2c2cnn(C)c2)cc1.Cl. The van der Waals surface area contributed by atoms with Crippen molar-refractivity contribution in [3.63, 3.8) is 0 Å². The molecular formula is C19H27ClN4O2. The van der Waals surface area contributed by atoms with Crippen molar-refractivity contribution in [2.75, 3.05) is 27.2 Å². The summed E-state index contributed by atoms with van der Waals surface area (Å²) >= 11 is 0. The second-order valence-corrected chi connectivity index (χ2v) is 6.72. The van der Waals surface area contributed by atoms with Gasteiger partial charge in [0, 0.05) is 39.3 Å². The third-order valence-corrected chi connectivity index (χ3v) is 5.21. The number of halogens is 1. The standard InChI is InChI=1S/C19H26N4O2.ClH/c1-13(14-5-7-16(25-4)8-6-14)23(3)19(24)18-11-20-10-17(18)15-9-21-22(2)12-15;/h5-9,12-13,17-18,20H,10-11H2,1-4H3;1H/t13?,17-,18+;/m1./s1. The number of hydrogen-bond donors (Lipinski definition) is 1. The molecule has 0 bridgehead atoms. The normalized spacial score (nSPS) is 20.3. The van der Waals surface area contributed by atoms with Gasteiger partial charge in [-0.2, -0.15) is 5.10 Å². The fourth-order valence-corrected chi connectivity index (χ4v) is 3.48. The Morgan fingerprint density at radius 3 is 2.62 bits per heavy atom. The molecule has 7 heteroatoms. The molecule has 2 aromatic rings. The van der Waals surface area contributed by atoms with E-state index >= 15 is 0 Å². The number of aromatic nitrogens is 2. The summed E-state index contributed by atoms with van der Waals surface area (Å²) in [6, 6.07) is 7.89. The van der Waals surface area contributed by atoms with Crippen molar-refractivity contribution >= 4 is 18.3 Å². The Morgan fingerprint density at radius 1 is 1.35 bits per heavy atom. The maximum absolute atomic E-state index is 13.1. The van der Waals surface area contributed by atoms with E-state index in [-0.39, 0.29) is 36.2 Å². The summed E-state index contributed by atoms with van der Waals surface area (Å²) in [5.74, 6) is 1.10. The van der Waals surface area contributed by atoms with E-state index in [4.69, 9.17) is 4.74 Å². The molecule has 26 heavy (non-hydrogen) atoms. The van der Waals surface area contributed by atoms with Crippen LogP contribution < -0.4 is 10.1 Å². The van der Waals surface area contributed by atoms with Gasteiger partial charge in [0.1, 0.15) is 5.75 Å². The minimum absolute atomic E-state index is 0. The number of carbonyl (C=O) groups is 1. The highest BCUT2D eigenvalue weighted by Gasteiger charge is 2.37. The number of hydrogen-bond acceptors (Lipinski definition) is 4. The maximum atomic E-state index is 13.1. The van der Waals surface area contributed by atoms with Crippen LogP contribution in [0.2, 0.25) is 0 Å². The first kappa shape index (κ1) is 20.3. The molecular weight excluding hydrogens is 352 g/mol. The van der Waals surface area contributed by atoms with E-state index in [1.54, 1.807) is 11.8 Å². The molecule has 1 unspecified atom stereocenters. The molecule has 1 saturated heterocycles. The van der Waals surface area contributed by atoms with Crippen LogP contribution in [0.3, 0.4) is 0 Å². The highest BCUT2D eigenvalue weighted by molar-refractivity contribution is 5.85. The summed E-state index contributed by atoms with van der Waals surface area (Å²) in [5.41, 5.74) is 2.22. The number of methoxy groups -OCH3 is 1. The lowest BCUT2D eigenvalue weighted by Crippen LogP contribution is -2.37. The van der Waals surface area contributed by atoms with E-state index in [0.29, 0.717) is 6.54 Å². The summed E-state index contributed by atoms with van der Waals surface area (Å²) in [6.07, 6.45) is 3.87. The maximum Gasteiger partial charge on any atom is 0.227 e. The second kappa shape index (κ2) is 8.56. The summed E-state index contributed by atoms with van der Waals surface area (Å²) in [4.78, 5) is 15.0. The molecule has 0 saturated carbocycles. The van der Waals surface area contributed by atoms with Gasteiger partial charge in [-0.05, 0) is 30.2 Å². The lowest BCUT2D eigenvalue weighted by atomic mass is 9.89. The highest BCUT2D eigenvalue weighted by Crippen LogP contribution is 2.31. The van der Waals surface area contributed by atoms with Crippen LogP contribution in [0.15, 0.2) is 36.7 Å². The Hall–Kier alpha value is -2.05. The zero-order chi connectivity index (χ0) is 18.0. The lowest BCUT2D eigenvalue weighted by Gasteiger charge is -2.29. The Kier molecular flexibility index (Phi) is 6.67. The Balaban J connectivity index is 0.00000243. The molecule has 1 aliphatic rings. The first-order valence-corrected chi connectivity index (χ1v) is 8.61. The first-order chi connectivity index (χ1) is 12.0. The Labute approximate surface area is 160 Å². The van der Waals surface area contributed by atoms with Gasteiger partial charge in [0.05, 0.1) is 25.3 Å². The van der Waals surface area contributed by atoms with Gasteiger partial charge >= 0.3 is 0 Å². The largest absolute Gasteiger partial charge is 0.497 e. The number of carbonyl (C=O) groups excluding carboxylic acids is 1. The summed E-state index contributed by atoms with van der Waals surface area (Å²) < 4.78 is 7.00. The van der Waals surface area contributed by atoms with Gasteiger partial charge in [-0.25, -0.2) is 0 Å².